The molecule has 5 heteroatoms. The number of rotatable bonds is 5. The van der Waals surface area contributed by atoms with E-state index in [1.165, 1.54) is 6.42 Å². The van der Waals surface area contributed by atoms with Crippen molar-refractivity contribution in [3.8, 4) is 0 Å². The molecule has 2 heterocycles. The number of hydrogen-bond donors (Lipinski definition) is 1. The number of fused-ring (bicyclic) bond motifs is 1. The van der Waals surface area contributed by atoms with E-state index >= 15 is 0 Å². The van der Waals surface area contributed by atoms with Gasteiger partial charge in [-0.1, -0.05) is 20.3 Å². The lowest BCUT2D eigenvalue weighted by Crippen LogP contribution is -2.25. The molecule has 0 bridgehead atoms. The topological polar surface area (TPSA) is 45.5 Å². The Hall–Kier alpha value is -1.78. The molecule has 0 aliphatic rings. The molecule has 1 atom stereocenters. The SMILES string of the molecule is CCC(C)CN(C)c1nc(NC)cn2ccnc12. The van der Waals surface area contributed by atoms with Crippen LogP contribution in [0.3, 0.4) is 0 Å². The number of imidazole rings is 1. The standard InChI is InChI=1S/C13H21N5/c1-5-10(2)8-17(4)13-12-15-6-7-18(12)9-11(14-3)16-13/h6-7,9-10,14H,5,8H2,1-4H3. The van der Waals surface area contributed by atoms with E-state index in [2.05, 4.69) is 41.1 Å². The highest BCUT2D eigenvalue weighted by Gasteiger charge is 2.13. The van der Waals surface area contributed by atoms with Crippen molar-refractivity contribution < 1.29 is 0 Å². The Morgan fingerprint density at radius 3 is 2.94 bits per heavy atom. The Morgan fingerprint density at radius 2 is 2.28 bits per heavy atom. The third-order valence-corrected chi connectivity index (χ3v) is 3.26. The normalized spacial score (nSPS) is 12.7. The fourth-order valence-corrected chi connectivity index (χ4v) is 1.97. The lowest BCUT2D eigenvalue weighted by atomic mass is 10.1. The van der Waals surface area contributed by atoms with Crippen LogP contribution in [-0.2, 0) is 0 Å². The van der Waals surface area contributed by atoms with Crippen LogP contribution in [0.2, 0.25) is 0 Å². The Bertz CT molecular complexity index is 519. The van der Waals surface area contributed by atoms with E-state index in [4.69, 9.17) is 0 Å². The fraction of sp³-hybridized carbons (Fsp3) is 0.538. The molecule has 0 aliphatic carbocycles. The average molecular weight is 247 g/mol. The second kappa shape index (κ2) is 5.25. The van der Waals surface area contributed by atoms with E-state index in [9.17, 15) is 0 Å². The maximum Gasteiger partial charge on any atom is 0.180 e. The summed E-state index contributed by atoms with van der Waals surface area (Å²) in [6, 6.07) is 0. The molecule has 0 aliphatic heterocycles. The molecular weight excluding hydrogens is 226 g/mol. The molecule has 98 valence electrons. The first kappa shape index (κ1) is 12.7. The van der Waals surface area contributed by atoms with Crippen LogP contribution in [0.4, 0.5) is 11.6 Å². The van der Waals surface area contributed by atoms with E-state index in [1.54, 1.807) is 6.20 Å². The van der Waals surface area contributed by atoms with Gasteiger partial charge in [0.05, 0.1) is 6.20 Å². The van der Waals surface area contributed by atoms with Gasteiger partial charge in [0, 0.05) is 33.0 Å². The molecule has 0 saturated carbocycles. The van der Waals surface area contributed by atoms with Crippen molar-refractivity contribution in [2.75, 3.05) is 30.9 Å². The largest absolute Gasteiger partial charge is 0.372 e. The Kier molecular flexibility index (Phi) is 3.69. The summed E-state index contributed by atoms with van der Waals surface area (Å²) in [6.07, 6.45) is 6.86. The smallest absolute Gasteiger partial charge is 0.180 e. The minimum absolute atomic E-state index is 0.644. The third-order valence-electron chi connectivity index (χ3n) is 3.26. The highest BCUT2D eigenvalue weighted by atomic mass is 15.2. The lowest BCUT2D eigenvalue weighted by molar-refractivity contribution is 0.558. The summed E-state index contributed by atoms with van der Waals surface area (Å²) in [4.78, 5) is 11.2. The molecule has 1 N–H and O–H groups in total. The van der Waals surface area contributed by atoms with Gasteiger partial charge in [-0.3, -0.25) is 0 Å². The second-order valence-corrected chi connectivity index (χ2v) is 4.75. The predicted molar refractivity (Wildman–Crippen MR) is 75.3 cm³/mol. The van der Waals surface area contributed by atoms with E-state index in [0.717, 1.165) is 23.8 Å². The summed E-state index contributed by atoms with van der Waals surface area (Å²) in [6.45, 7) is 5.45. The molecular formula is C13H21N5. The molecule has 0 radical (unpaired) electrons. The zero-order valence-corrected chi connectivity index (χ0v) is 11.5. The monoisotopic (exact) mass is 247 g/mol. The van der Waals surface area contributed by atoms with Crippen LogP contribution >= 0.6 is 0 Å². The lowest BCUT2D eigenvalue weighted by Gasteiger charge is -2.22. The summed E-state index contributed by atoms with van der Waals surface area (Å²) in [5.41, 5.74) is 0.903. The van der Waals surface area contributed by atoms with Crippen LogP contribution in [-0.4, -0.2) is 35.0 Å². The summed E-state index contributed by atoms with van der Waals surface area (Å²) in [7, 11) is 3.95. The number of aromatic nitrogens is 3. The summed E-state index contributed by atoms with van der Waals surface area (Å²) < 4.78 is 2.00. The number of anilines is 2. The summed E-state index contributed by atoms with van der Waals surface area (Å²) >= 11 is 0. The van der Waals surface area contributed by atoms with Gasteiger partial charge in [0.1, 0.15) is 5.82 Å². The maximum absolute atomic E-state index is 4.61. The van der Waals surface area contributed by atoms with Crippen LogP contribution in [0, 0.1) is 5.92 Å². The minimum atomic E-state index is 0.644. The second-order valence-electron chi connectivity index (χ2n) is 4.75. The molecule has 0 aromatic carbocycles. The molecule has 2 aromatic heterocycles. The summed E-state index contributed by atoms with van der Waals surface area (Å²) in [5.74, 6) is 2.42. The first-order valence-electron chi connectivity index (χ1n) is 6.38. The summed E-state index contributed by atoms with van der Waals surface area (Å²) in [5, 5.41) is 3.09. The van der Waals surface area contributed by atoms with Gasteiger partial charge in [-0.05, 0) is 5.92 Å². The van der Waals surface area contributed by atoms with Crippen molar-refractivity contribution in [2.45, 2.75) is 20.3 Å². The third kappa shape index (κ3) is 2.39. The van der Waals surface area contributed by atoms with Crippen molar-refractivity contribution in [1.29, 1.82) is 0 Å². The number of nitrogens with one attached hydrogen (secondary N) is 1. The van der Waals surface area contributed by atoms with Crippen molar-refractivity contribution in [2.24, 2.45) is 5.92 Å². The minimum Gasteiger partial charge on any atom is -0.372 e. The molecule has 5 nitrogen and oxygen atoms in total. The quantitative estimate of drug-likeness (QED) is 0.880. The Balaban J connectivity index is 2.38. The van der Waals surface area contributed by atoms with Gasteiger partial charge in [-0.15, -0.1) is 0 Å². The van der Waals surface area contributed by atoms with Crippen molar-refractivity contribution in [3.63, 3.8) is 0 Å². The molecule has 0 saturated heterocycles. The molecule has 1 unspecified atom stereocenters. The zero-order valence-electron chi connectivity index (χ0n) is 11.5. The van der Waals surface area contributed by atoms with Crippen LogP contribution in [0.1, 0.15) is 20.3 Å². The van der Waals surface area contributed by atoms with Crippen LogP contribution in [0.5, 0.6) is 0 Å². The zero-order chi connectivity index (χ0) is 13.1. The molecule has 0 amide bonds. The van der Waals surface area contributed by atoms with Gasteiger partial charge in [0.2, 0.25) is 0 Å². The first-order valence-corrected chi connectivity index (χ1v) is 6.38. The van der Waals surface area contributed by atoms with Gasteiger partial charge in [-0.2, -0.15) is 0 Å². The first-order chi connectivity index (χ1) is 8.65. The molecule has 2 rings (SSSR count). The molecule has 18 heavy (non-hydrogen) atoms. The van der Waals surface area contributed by atoms with Crippen molar-refractivity contribution in [1.82, 2.24) is 14.4 Å². The molecule has 0 spiro atoms. The van der Waals surface area contributed by atoms with E-state index in [1.807, 2.05) is 23.8 Å². The Morgan fingerprint density at radius 1 is 1.50 bits per heavy atom. The van der Waals surface area contributed by atoms with Gasteiger partial charge in [0.25, 0.3) is 0 Å². The van der Waals surface area contributed by atoms with E-state index in [0.29, 0.717) is 5.92 Å². The van der Waals surface area contributed by atoms with Gasteiger partial charge in [-0.25, -0.2) is 9.97 Å². The van der Waals surface area contributed by atoms with E-state index in [-0.39, 0.29) is 0 Å². The van der Waals surface area contributed by atoms with Crippen LogP contribution in [0.25, 0.3) is 5.65 Å². The predicted octanol–water partition coefficient (Wildman–Crippen LogP) is 2.25. The van der Waals surface area contributed by atoms with Gasteiger partial charge >= 0.3 is 0 Å². The number of nitrogens with zero attached hydrogens (tertiary/aromatic N) is 4. The maximum atomic E-state index is 4.61. The van der Waals surface area contributed by atoms with Crippen molar-refractivity contribution >= 4 is 17.3 Å². The van der Waals surface area contributed by atoms with Crippen LogP contribution in [0.15, 0.2) is 18.6 Å². The highest BCUT2D eigenvalue weighted by molar-refractivity contribution is 5.66. The Labute approximate surface area is 108 Å². The highest BCUT2D eigenvalue weighted by Crippen LogP contribution is 2.20. The van der Waals surface area contributed by atoms with Gasteiger partial charge in [0.15, 0.2) is 11.5 Å². The fourth-order valence-electron chi connectivity index (χ4n) is 1.97. The van der Waals surface area contributed by atoms with Gasteiger partial charge < -0.3 is 14.6 Å². The average Bonchev–Trinajstić information content (AvgIpc) is 2.85. The van der Waals surface area contributed by atoms with Crippen LogP contribution < -0.4 is 10.2 Å². The molecule has 2 aromatic rings. The molecule has 0 fully saturated rings. The number of hydrogen-bond acceptors (Lipinski definition) is 4. The van der Waals surface area contributed by atoms with Crippen molar-refractivity contribution in [3.05, 3.63) is 18.6 Å². The van der Waals surface area contributed by atoms with E-state index < -0.39 is 0 Å².